The maximum absolute atomic E-state index is 12.8. The van der Waals surface area contributed by atoms with E-state index >= 15 is 0 Å². The largest absolute Gasteiger partial charge is 0.416 e. The smallest absolute Gasteiger partial charge is 0.377 e. The van der Waals surface area contributed by atoms with Gasteiger partial charge in [-0.1, -0.05) is 49.6 Å². The fraction of sp³-hybridized carbons (Fsp3) is 0.400. The fourth-order valence-electron chi connectivity index (χ4n) is 4.50. The van der Waals surface area contributed by atoms with Crippen LogP contribution in [0.1, 0.15) is 54.8 Å². The van der Waals surface area contributed by atoms with E-state index in [-0.39, 0.29) is 11.5 Å². The van der Waals surface area contributed by atoms with Crippen molar-refractivity contribution < 1.29 is 13.2 Å². The van der Waals surface area contributed by atoms with Crippen molar-refractivity contribution in [2.75, 3.05) is 5.32 Å². The summed E-state index contributed by atoms with van der Waals surface area (Å²) >= 11 is 0. The lowest BCUT2D eigenvalue weighted by Gasteiger charge is -2.39. The number of alkyl halides is 3. The van der Waals surface area contributed by atoms with Crippen molar-refractivity contribution in [1.82, 2.24) is 0 Å². The summed E-state index contributed by atoms with van der Waals surface area (Å²) in [5.41, 5.74) is 2.83. The number of halogens is 3. The Labute approximate surface area is 139 Å². The summed E-state index contributed by atoms with van der Waals surface area (Å²) in [7, 11) is 0. The number of fused-ring (bicyclic) bond motifs is 2. The molecule has 1 aliphatic carbocycles. The minimum Gasteiger partial charge on any atom is -0.377 e. The van der Waals surface area contributed by atoms with E-state index in [4.69, 9.17) is 0 Å². The molecule has 24 heavy (non-hydrogen) atoms. The van der Waals surface area contributed by atoms with Gasteiger partial charge in [0.15, 0.2) is 0 Å². The number of rotatable bonds is 1. The molecule has 4 heteroatoms. The summed E-state index contributed by atoms with van der Waals surface area (Å²) in [6, 6.07) is 14.1. The van der Waals surface area contributed by atoms with Gasteiger partial charge in [0, 0.05) is 11.1 Å². The molecule has 2 aromatic rings. The van der Waals surface area contributed by atoms with Gasteiger partial charge in [-0.3, -0.25) is 0 Å². The molecule has 1 atom stereocenters. The minimum absolute atomic E-state index is 0.00852. The number of hydrogen-bond acceptors (Lipinski definition) is 1. The third kappa shape index (κ3) is 2.40. The molecule has 0 bridgehead atoms. The molecule has 1 fully saturated rings. The number of benzene rings is 2. The Bertz CT molecular complexity index is 727. The van der Waals surface area contributed by atoms with Gasteiger partial charge in [0.1, 0.15) is 0 Å². The zero-order valence-electron chi connectivity index (χ0n) is 13.4. The Balaban J connectivity index is 1.75. The molecule has 0 aromatic heterocycles. The third-order valence-electron chi connectivity index (χ3n) is 5.63. The first-order chi connectivity index (χ1) is 11.5. The molecule has 1 aliphatic heterocycles. The second-order valence-corrected chi connectivity index (χ2v) is 6.96. The molecule has 2 aromatic carbocycles. The van der Waals surface area contributed by atoms with Gasteiger partial charge < -0.3 is 5.32 Å². The second-order valence-electron chi connectivity index (χ2n) is 6.96. The van der Waals surface area contributed by atoms with Crippen molar-refractivity contribution in [1.29, 1.82) is 0 Å². The molecule has 0 unspecified atom stereocenters. The SMILES string of the molecule is FC(F)(F)c1ccc([C@H]2Nc3ccccc3C23CCCCC3)cc1. The molecule has 0 radical (unpaired) electrons. The predicted octanol–water partition coefficient (Wildman–Crippen LogP) is 6.07. The molecule has 1 saturated carbocycles. The lowest BCUT2D eigenvalue weighted by molar-refractivity contribution is -0.137. The molecule has 4 rings (SSSR count). The normalized spacial score (nSPS) is 22.2. The average Bonchev–Trinajstić information content (AvgIpc) is 2.89. The molecule has 1 heterocycles. The van der Waals surface area contributed by atoms with Crippen molar-refractivity contribution in [2.24, 2.45) is 0 Å². The maximum atomic E-state index is 12.8. The van der Waals surface area contributed by atoms with Gasteiger partial charge in [0.2, 0.25) is 0 Å². The van der Waals surface area contributed by atoms with Crippen LogP contribution >= 0.6 is 0 Å². The summed E-state index contributed by atoms with van der Waals surface area (Å²) in [6.45, 7) is 0. The van der Waals surface area contributed by atoms with Gasteiger partial charge in [-0.05, 0) is 42.2 Å². The van der Waals surface area contributed by atoms with Gasteiger partial charge >= 0.3 is 6.18 Å². The van der Waals surface area contributed by atoms with Crippen LogP contribution < -0.4 is 5.32 Å². The minimum atomic E-state index is -4.28. The highest BCUT2D eigenvalue weighted by Gasteiger charge is 2.47. The van der Waals surface area contributed by atoms with Gasteiger partial charge in [-0.2, -0.15) is 13.2 Å². The summed E-state index contributed by atoms with van der Waals surface area (Å²) in [5.74, 6) is 0. The van der Waals surface area contributed by atoms with Crippen LogP contribution in [0, 0.1) is 0 Å². The zero-order valence-corrected chi connectivity index (χ0v) is 13.4. The summed E-state index contributed by atoms with van der Waals surface area (Å²) in [5, 5.41) is 3.59. The first kappa shape index (κ1) is 15.6. The van der Waals surface area contributed by atoms with Crippen LogP contribution in [0.25, 0.3) is 0 Å². The zero-order chi connectivity index (χ0) is 16.8. The summed E-state index contributed by atoms with van der Waals surface area (Å²) in [6.07, 6.45) is 1.47. The first-order valence-electron chi connectivity index (χ1n) is 8.54. The molecular formula is C20H20F3N. The summed E-state index contributed by atoms with van der Waals surface area (Å²) in [4.78, 5) is 0. The van der Waals surface area contributed by atoms with Crippen LogP contribution in [0.4, 0.5) is 18.9 Å². The highest BCUT2D eigenvalue weighted by Crippen LogP contribution is 2.56. The van der Waals surface area contributed by atoms with Gasteiger partial charge in [0.05, 0.1) is 11.6 Å². The Morgan fingerprint density at radius 3 is 2.21 bits per heavy atom. The van der Waals surface area contributed by atoms with E-state index in [1.165, 1.54) is 37.0 Å². The Kier molecular flexibility index (Phi) is 3.59. The van der Waals surface area contributed by atoms with E-state index in [1.807, 2.05) is 6.07 Å². The maximum Gasteiger partial charge on any atom is 0.416 e. The Morgan fingerprint density at radius 2 is 1.54 bits per heavy atom. The number of anilines is 1. The molecule has 0 saturated heterocycles. The molecule has 0 amide bonds. The van der Waals surface area contributed by atoms with Crippen LogP contribution in [0.5, 0.6) is 0 Å². The number of para-hydroxylation sites is 1. The van der Waals surface area contributed by atoms with Crippen LogP contribution in [-0.2, 0) is 11.6 Å². The summed E-state index contributed by atoms with van der Waals surface area (Å²) < 4.78 is 38.5. The van der Waals surface area contributed by atoms with Crippen molar-refractivity contribution in [2.45, 2.75) is 49.7 Å². The van der Waals surface area contributed by atoms with Crippen molar-refractivity contribution in [3.05, 3.63) is 65.2 Å². The quantitative estimate of drug-likeness (QED) is 0.668. The molecule has 2 aliphatic rings. The van der Waals surface area contributed by atoms with E-state index in [9.17, 15) is 13.2 Å². The highest BCUT2D eigenvalue weighted by atomic mass is 19.4. The monoisotopic (exact) mass is 331 g/mol. The van der Waals surface area contributed by atoms with Crippen LogP contribution in [-0.4, -0.2) is 0 Å². The van der Waals surface area contributed by atoms with E-state index in [0.717, 1.165) is 24.1 Å². The van der Waals surface area contributed by atoms with Crippen LogP contribution in [0.2, 0.25) is 0 Å². The Morgan fingerprint density at radius 1 is 0.875 bits per heavy atom. The fourth-order valence-corrected chi connectivity index (χ4v) is 4.50. The first-order valence-corrected chi connectivity index (χ1v) is 8.54. The number of nitrogens with one attached hydrogen (secondary N) is 1. The van der Waals surface area contributed by atoms with Gasteiger partial charge in [0.25, 0.3) is 0 Å². The molecule has 1 nitrogen and oxygen atoms in total. The van der Waals surface area contributed by atoms with Crippen molar-refractivity contribution in [3.63, 3.8) is 0 Å². The lowest BCUT2D eigenvalue weighted by atomic mass is 9.65. The standard InChI is InChI=1S/C20H20F3N/c21-20(22,23)15-10-8-14(9-11-15)18-19(12-4-1-5-13-19)16-6-2-3-7-17(16)24-18/h2-3,6-11,18,24H,1,4-5,12-13H2/t18-/m1/s1. The van der Waals surface area contributed by atoms with Crippen molar-refractivity contribution >= 4 is 5.69 Å². The predicted molar refractivity (Wildman–Crippen MR) is 89.0 cm³/mol. The Hall–Kier alpha value is -1.97. The second kappa shape index (κ2) is 5.54. The van der Waals surface area contributed by atoms with Crippen LogP contribution in [0.3, 0.4) is 0 Å². The van der Waals surface area contributed by atoms with E-state index in [2.05, 4.69) is 23.5 Å². The lowest BCUT2D eigenvalue weighted by Crippen LogP contribution is -2.34. The van der Waals surface area contributed by atoms with Crippen LogP contribution in [0.15, 0.2) is 48.5 Å². The van der Waals surface area contributed by atoms with E-state index < -0.39 is 11.7 Å². The molecular weight excluding hydrogens is 311 g/mol. The third-order valence-corrected chi connectivity index (χ3v) is 5.63. The molecule has 1 N–H and O–H groups in total. The van der Waals surface area contributed by atoms with Crippen molar-refractivity contribution in [3.8, 4) is 0 Å². The van der Waals surface area contributed by atoms with E-state index in [1.54, 1.807) is 12.1 Å². The number of hydrogen-bond donors (Lipinski definition) is 1. The highest BCUT2D eigenvalue weighted by molar-refractivity contribution is 5.63. The van der Waals surface area contributed by atoms with Gasteiger partial charge in [-0.25, -0.2) is 0 Å². The van der Waals surface area contributed by atoms with E-state index in [0.29, 0.717) is 0 Å². The van der Waals surface area contributed by atoms with Gasteiger partial charge in [-0.15, -0.1) is 0 Å². The molecule has 1 spiro atoms. The topological polar surface area (TPSA) is 12.0 Å². The molecule has 126 valence electrons. The average molecular weight is 331 g/mol.